The highest BCUT2D eigenvalue weighted by molar-refractivity contribution is 9.10. The van der Waals surface area contributed by atoms with E-state index in [1.807, 2.05) is 35.7 Å². The second kappa shape index (κ2) is 4.74. The van der Waals surface area contributed by atoms with Crippen molar-refractivity contribution in [1.82, 2.24) is 0 Å². The van der Waals surface area contributed by atoms with Gasteiger partial charge in [-0.15, -0.1) is 11.3 Å². The average Bonchev–Trinajstić information content (AvgIpc) is 2.83. The summed E-state index contributed by atoms with van der Waals surface area (Å²) in [4.78, 5) is 15.0. The number of ether oxygens (including phenoxy) is 1. The van der Waals surface area contributed by atoms with Gasteiger partial charge in [0, 0.05) is 4.47 Å². The molecule has 1 aliphatic heterocycles. The highest BCUT2D eigenvalue weighted by Gasteiger charge is 2.26. The Balaban J connectivity index is 2.00. The lowest BCUT2D eigenvalue weighted by Crippen LogP contribution is -2.37. The number of rotatable bonds is 1. The first kappa shape index (κ1) is 11.7. The van der Waals surface area contributed by atoms with Gasteiger partial charge in [0.15, 0.2) is 0 Å². The van der Waals surface area contributed by atoms with Crippen molar-refractivity contribution in [1.29, 1.82) is 0 Å². The van der Waals surface area contributed by atoms with E-state index in [0.29, 0.717) is 13.2 Å². The van der Waals surface area contributed by atoms with Crippen LogP contribution in [0, 0.1) is 0 Å². The fourth-order valence-electron chi connectivity index (χ4n) is 1.95. The zero-order valence-corrected chi connectivity index (χ0v) is 11.8. The topological polar surface area (TPSA) is 29.5 Å². The van der Waals surface area contributed by atoms with Gasteiger partial charge in [-0.1, -0.05) is 12.1 Å². The van der Waals surface area contributed by atoms with E-state index in [0.717, 1.165) is 20.8 Å². The summed E-state index contributed by atoms with van der Waals surface area (Å²) < 4.78 is 6.40. The maximum Gasteiger partial charge on any atom is 0.269 e. The van der Waals surface area contributed by atoms with Crippen molar-refractivity contribution in [3.05, 3.63) is 45.1 Å². The number of anilines is 1. The number of carbonyl (C=O) groups is 1. The number of halogens is 1. The number of para-hydroxylation sites is 2. The van der Waals surface area contributed by atoms with Crippen LogP contribution in [0.5, 0.6) is 5.75 Å². The van der Waals surface area contributed by atoms with E-state index in [1.165, 1.54) is 11.3 Å². The van der Waals surface area contributed by atoms with Crippen LogP contribution in [0.3, 0.4) is 0 Å². The second-order valence-corrected chi connectivity index (χ2v) is 5.64. The van der Waals surface area contributed by atoms with Gasteiger partial charge in [0.1, 0.15) is 17.2 Å². The van der Waals surface area contributed by atoms with E-state index in [1.54, 1.807) is 4.90 Å². The third-order valence-corrected chi connectivity index (χ3v) is 4.61. The maximum atomic E-state index is 12.5. The molecule has 0 N–H and O–H groups in total. The van der Waals surface area contributed by atoms with E-state index < -0.39 is 0 Å². The Morgan fingerprint density at radius 1 is 1.33 bits per heavy atom. The van der Waals surface area contributed by atoms with E-state index in [-0.39, 0.29) is 5.91 Å². The highest BCUT2D eigenvalue weighted by Crippen LogP contribution is 2.34. The molecule has 1 aliphatic rings. The van der Waals surface area contributed by atoms with Gasteiger partial charge < -0.3 is 9.64 Å². The number of thiophene rings is 1. The summed E-state index contributed by atoms with van der Waals surface area (Å²) in [6.07, 6.45) is 0. The van der Waals surface area contributed by atoms with Gasteiger partial charge in [-0.25, -0.2) is 0 Å². The minimum atomic E-state index is 0.0209. The lowest BCUT2D eigenvalue weighted by atomic mass is 10.2. The van der Waals surface area contributed by atoms with Crippen LogP contribution in [0.25, 0.3) is 0 Å². The summed E-state index contributed by atoms with van der Waals surface area (Å²) in [5.74, 6) is 0.789. The van der Waals surface area contributed by atoms with E-state index in [2.05, 4.69) is 15.9 Å². The van der Waals surface area contributed by atoms with Crippen LogP contribution in [0.2, 0.25) is 0 Å². The Morgan fingerprint density at radius 3 is 2.94 bits per heavy atom. The Morgan fingerprint density at radius 2 is 2.17 bits per heavy atom. The van der Waals surface area contributed by atoms with E-state index >= 15 is 0 Å². The lowest BCUT2D eigenvalue weighted by Gasteiger charge is -2.29. The molecular formula is C13H10BrNO2S. The molecule has 0 radical (unpaired) electrons. The molecule has 0 aliphatic carbocycles. The van der Waals surface area contributed by atoms with Crippen LogP contribution in [-0.2, 0) is 0 Å². The zero-order chi connectivity index (χ0) is 12.5. The molecule has 0 bridgehead atoms. The van der Waals surface area contributed by atoms with Gasteiger partial charge in [-0.05, 0) is 39.5 Å². The predicted molar refractivity (Wildman–Crippen MR) is 75.6 cm³/mol. The quantitative estimate of drug-likeness (QED) is 0.803. The normalized spacial score (nSPS) is 13.9. The molecule has 0 unspecified atom stereocenters. The summed E-state index contributed by atoms with van der Waals surface area (Å²) in [6.45, 7) is 1.12. The van der Waals surface area contributed by atoms with Crippen molar-refractivity contribution in [3.8, 4) is 5.75 Å². The van der Waals surface area contributed by atoms with Gasteiger partial charge in [0.05, 0.1) is 12.2 Å². The minimum absolute atomic E-state index is 0.0209. The summed E-state index contributed by atoms with van der Waals surface area (Å²) in [5.41, 5.74) is 0.842. The molecule has 0 saturated carbocycles. The molecule has 0 fully saturated rings. The number of nitrogens with zero attached hydrogens (tertiary/aromatic N) is 1. The summed E-state index contributed by atoms with van der Waals surface area (Å²) in [6, 6.07) is 9.52. The monoisotopic (exact) mass is 323 g/mol. The van der Waals surface area contributed by atoms with Crippen molar-refractivity contribution >= 4 is 38.9 Å². The molecule has 5 heteroatoms. The summed E-state index contributed by atoms with van der Waals surface area (Å²) >= 11 is 4.85. The molecule has 92 valence electrons. The fourth-order valence-corrected chi connectivity index (χ4v) is 3.44. The Labute approximate surface area is 117 Å². The first-order valence-corrected chi connectivity index (χ1v) is 7.21. The number of hydrogen-bond donors (Lipinski definition) is 0. The third kappa shape index (κ3) is 1.93. The van der Waals surface area contributed by atoms with Crippen LogP contribution in [0.15, 0.2) is 40.2 Å². The number of benzene rings is 1. The molecule has 0 spiro atoms. The van der Waals surface area contributed by atoms with Crippen molar-refractivity contribution < 1.29 is 9.53 Å². The lowest BCUT2D eigenvalue weighted by molar-refractivity contribution is 0.0980. The highest BCUT2D eigenvalue weighted by atomic mass is 79.9. The Kier molecular flexibility index (Phi) is 3.09. The maximum absolute atomic E-state index is 12.5. The molecular weight excluding hydrogens is 314 g/mol. The third-order valence-electron chi connectivity index (χ3n) is 2.79. The molecule has 2 aromatic rings. The van der Waals surface area contributed by atoms with Crippen molar-refractivity contribution in [2.75, 3.05) is 18.1 Å². The number of carbonyl (C=O) groups excluding carboxylic acids is 1. The van der Waals surface area contributed by atoms with Crippen molar-refractivity contribution in [3.63, 3.8) is 0 Å². The molecule has 2 heterocycles. The predicted octanol–water partition coefficient (Wildman–Crippen LogP) is 3.55. The van der Waals surface area contributed by atoms with Gasteiger partial charge in [-0.2, -0.15) is 0 Å². The molecule has 18 heavy (non-hydrogen) atoms. The molecule has 1 aromatic heterocycles. The molecule has 3 nitrogen and oxygen atoms in total. The summed E-state index contributed by atoms with van der Waals surface area (Å²) in [7, 11) is 0. The SMILES string of the molecule is O=C(c1sccc1Br)N1CCOc2ccccc21. The van der Waals surface area contributed by atoms with Gasteiger partial charge in [-0.3, -0.25) is 4.79 Å². The van der Waals surface area contributed by atoms with Crippen molar-refractivity contribution in [2.45, 2.75) is 0 Å². The first-order chi connectivity index (χ1) is 8.77. The first-order valence-electron chi connectivity index (χ1n) is 5.54. The molecule has 0 atom stereocenters. The molecule has 1 amide bonds. The zero-order valence-electron chi connectivity index (χ0n) is 9.43. The van der Waals surface area contributed by atoms with Crippen LogP contribution in [0.1, 0.15) is 9.67 Å². The van der Waals surface area contributed by atoms with Crippen LogP contribution >= 0.6 is 27.3 Å². The number of hydrogen-bond acceptors (Lipinski definition) is 3. The molecule has 0 saturated heterocycles. The average molecular weight is 324 g/mol. The minimum Gasteiger partial charge on any atom is -0.490 e. The number of fused-ring (bicyclic) bond motifs is 1. The van der Waals surface area contributed by atoms with Crippen LogP contribution < -0.4 is 9.64 Å². The van der Waals surface area contributed by atoms with Gasteiger partial charge in [0.2, 0.25) is 0 Å². The largest absolute Gasteiger partial charge is 0.490 e. The van der Waals surface area contributed by atoms with Gasteiger partial charge >= 0.3 is 0 Å². The fraction of sp³-hybridized carbons (Fsp3) is 0.154. The van der Waals surface area contributed by atoms with Crippen LogP contribution in [0.4, 0.5) is 5.69 Å². The van der Waals surface area contributed by atoms with Crippen molar-refractivity contribution in [2.24, 2.45) is 0 Å². The van der Waals surface area contributed by atoms with Gasteiger partial charge in [0.25, 0.3) is 5.91 Å². The standard InChI is InChI=1S/C13H10BrNO2S/c14-9-5-8-18-12(9)13(16)15-6-7-17-11-4-2-1-3-10(11)15/h1-5,8H,6-7H2. The smallest absolute Gasteiger partial charge is 0.269 e. The van der Waals surface area contributed by atoms with E-state index in [4.69, 9.17) is 4.74 Å². The second-order valence-electron chi connectivity index (χ2n) is 3.87. The number of amides is 1. The van der Waals surface area contributed by atoms with E-state index in [9.17, 15) is 4.79 Å². The van der Waals surface area contributed by atoms with Crippen LogP contribution in [-0.4, -0.2) is 19.1 Å². The molecule has 1 aromatic carbocycles. The summed E-state index contributed by atoms with van der Waals surface area (Å²) in [5, 5.41) is 1.91. The molecule has 3 rings (SSSR count). The Hall–Kier alpha value is -1.33. The Bertz CT molecular complexity index is 596.